The highest BCUT2D eigenvalue weighted by atomic mass is 35.5. The third-order valence-corrected chi connectivity index (χ3v) is 5.41. The zero-order valence-electron chi connectivity index (χ0n) is 12.8. The average Bonchev–Trinajstić information content (AvgIpc) is 2.54. The Hall–Kier alpha value is -2.05. The average molecular weight is 369 g/mol. The van der Waals surface area contributed by atoms with Gasteiger partial charge in [0.2, 0.25) is 0 Å². The molecule has 0 radical (unpaired) electrons. The van der Waals surface area contributed by atoms with Crippen LogP contribution in [0.3, 0.4) is 0 Å². The molecule has 7 heteroatoms. The normalized spacial score (nSPS) is 11.2. The van der Waals surface area contributed by atoms with Crippen LogP contribution in [0.2, 0.25) is 5.02 Å². The van der Waals surface area contributed by atoms with E-state index in [2.05, 4.69) is 0 Å². The highest BCUT2D eigenvalue weighted by molar-refractivity contribution is 7.91. The molecule has 0 atom stereocenters. The lowest BCUT2D eigenvalue weighted by Gasteiger charge is -2.06. The Morgan fingerprint density at radius 3 is 2.25 bits per heavy atom. The lowest BCUT2D eigenvalue weighted by molar-refractivity contribution is -0.139. The first-order valence-corrected chi connectivity index (χ1v) is 9.32. The van der Waals surface area contributed by atoms with Crippen molar-refractivity contribution in [3.63, 3.8) is 0 Å². The van der Waals surface area contributed by atoms with Crippen LogP contribution < -0.4 is 4.74 Å². The van der Waals surface area contributed by atoms with Crippen molar-refractivity contribution in [3.8, 4) is 5.75 Å². The topological polar surface area (TPSA) is 80.7 Å². The Morgan fingerprint density at radius 1 is 1.04 bits per heavy atom. The van der Waals surface area contributed by atoms with Gasteiger partial charge in [-0.3, -0.25) is 0 Å². The zero-order chi connectivity index (χ0) is 17.6. The van der Waals surface area contributed by atoms with E-state index < -0.39 is 22.4 Å². The highest BCUT2D eigenvalue weighted by Gasteiger charge is 2.13. The summed E-state index contributed by atoms with van der Waals surface area (Å²) in [6, 6.07) is 13.1. The van der Waals surface area contributed by atoms with Gasteiger partial charge in [0.25, 0.3) is 0 Å². The molecule has 1 N–H and O–H groups in total. The molecule has 0 saturated carbocycles. The summed E-state index contributed by atoms with van der Waals surface area (Å²) < 4.78 is 29.5. The monoisotopic (exact) mass is 368 g/mol. The Bertz CT molecular complexity index is 783. The molecule has 0 heterocycles. The summed E-state index contributed by atoms with van der Waals surface area (Å²) in [6.45, 7) is -0.390. The highest BCUT2D eigenvalue weighted by Crippen LogP contribution is 2.18. The Balaban J connectivity index is 1.87. The van der Waals surface area contributed by atoms with Crippen molar-refractivity contribution in [1.82, 2.24) is 0 Å². The standard InChI is InChI=1S/C17H17ClO5S/c18-14-5-9-16(10-6-14)24(21,22)11-1-2-13-3-7-15(8-4-13)23-12-17(19)20/h3-10H,1-2,11-12H2,(H,19,20). The Morgan fingerprint density at radius 2 is 1.67 bits per heavy atom. The van der Waals surface area contributed by atoms with Crippen LogP contribution in [0.4, 0.5) is 0 Å². The predicted molar refractivity (Wildman–Crippen MR) is 91.4 cm³/mol. The molecule has 0 aliphatic carbocycles. The van der Waals surface area contributed by atoms with E-state index in [1.165, 1.54) is 12.1 Å². The number of halogens is 1. The molecule has 0 spiro atoms. The maximum absolute atomic E-state index is 12.2. The number of aliphatic carboxylic acids is 1. The van der Waals surface area contributed by atoms with E-state index in [1.54, 1.807) is 36.4 Å². The van der Waals surface area contributed by atoms with Crippen LogP contribution in [0.1, 0.15) is 12.0 Å². The van der Waals surface area contributed by atoms with Crippen molar-refractivity contribution in [1.29, 1.82) is 0 Å². The van der Waals surface area contributed by atoms with Crippen LogP contribution in [-0.4, -0.2) is 31.9 Å². The van der Waals surface area contributed by atoms with Gasteiger partial charge >= 0.3 is 5.97 Å². The number of hydrogen-bond donors (Lipinski definition) is 1. The Labute approximate surface area is 145 Å². The minimum atomic E-state index is -3.32. The fourth-order valence-corrected chi connectivity index (χ4v) is 3.56. The summed E-state index contributed by atoms with van der Waals surface area (Å²) in [4.78, 5) is 10.7. The van der Waals surface area contributed by atoms with Gasteiger partial charge in [0.15, 0.2) is 16.4 Å². The molecule has 0 aliphatic rings. The first-order chi connectivity index (χ1) is 11.4. The van der Waals surface area contributed by atoms with Gasteiger partial charge in [-0.15, -0.1) is 0 Å². The molecular weight excluding hydrogens is 352 g/mol. The summed E-state index contributed by atoms with van der Waals surface area (Å²) in [5, 5.41) is 9.04. The third-order valence-electron chi connectivity index (χ3n) is 3.34. The quantitative estimate of drug-likeness (QED) is 0.773. The smallest absolute Gasteiger partial charge is 0.341 e. The van der Waals surface area contributed by atoms with Gasteiger partial charge in [-0.1, -0.05) is 23.7 Å². The third kappa shape index (κ3) is 5.54. The molecule has 2 aromatic rings. The lowest BCUT2D eigenvalue weighted by atomic mass is 10.1. The SMILES string of the molecule is O=C(O)COc1ccc(CCCS(=O)(=O)c2ccc(Cl)cc2)cc1. The van der Waals surface area contributed by atoms with E-state index in [1.807, 2.05) is 0 Å². The predicted octanol–water partition coefficient (Wildman–Crippen LogP) is 3.21. The maximum Gasteiger partial charge on any atom is 0.341 e. The zero-order valence-corrected chi connectivity index (χ0v) is 14.4. The van der Waals surface area contributed by atoms with Gasteiger partial charge in [-0.2, -0.15) is 0 Å². The van der Waals surface area contributed by atoms with Crippen molar-refractivity contribution >= 4 is 27.4 Å². The minimum absolute atomic E-state index is 0.0475. The van der Waals surface area contributed by atoms with Crippen molar-refractivity contribution < 1.29 is 23.1 Å². The van der Waals surface area contributed by atoms with Crippen LogP contribution in [0.5, 0.6) is 5.75 Å². The van der Waals surface area contributed by atoms with E-state index in [0.29, 0.717) is 23.6 Å². The van der Waals surface area contributed by atoms with E-state index in [-0.39, 0.29) is 10.6 Å². The first kappa shape index (κ1) is 18.3. The summed E-state index contributed by atoms with van der Waals surface area (Å²) in [6.07, 6.45) is 1.09. The number of benzene rings is 2. The second-order valence-electron chi connectivity index (χ2n) is 5.20. The molecule has 0 aliphatic heterocycles. The van der Waals surface area contributed by atoms with Gasteiger partial charge < -0.3 is 9.84 Å². The number of ether oxygens (including phenoxy) is 1. The number of rotatable bonds is 8. The number of sulfone groups is 1. The molecule has 0 fully saturated rings. The van der Waals surface area contributed by atoms with E-state index in [0.717, 1.165) is 5.56 Å². The van der Waals surface area contributed by atoms with Gasteiger partial charge in [0.1, 0.15) is 5.75 Å². The summed E-state index contributed by atoms with van der Waals surface area (Å²) in [5.41, 5.74) is 0.962. The van der Waals surface area contributed by atoms with Crippen molar-refractivity contribution in [3.05, 3.63) is 59.1 Å². The van der Waals surface area contributed by atoms with Crippen LogP contribution in [0, 0.1) is 0 Å². The van der Waals surface area contributed by atoms with Crippen molar-refractivity contribution in [2.24, 2.45) is 0 Å². The summed E-state index contributed by atoms with van der Waals surface area (Å²) in [5.74, 6) is -0.521. The van der Waals surface area contributed by atoms with E-state index in [4.69, 9.17) is 21.4 Å². The molecule has 0 bridgehead atoms. The molecule has 24 heavy (non-hydrogen) atoms. The number of carboxylic acids is 1. The molecule has 5 nitrogen and oxygen atoms in total. The molecule has 2 aromatic carbocycles. The van der Waals surface area contributed by atoms with Gasteiger partial charge in [-0.25, -0.2) is 13.2 Å². The van der Waals surface area contributed by atoms with Crippen LogP contribution in [0.15, 0.2) is 53.4 Å². The minimum Gasteiger partial charge on any atom is -0.482 e. The molecule has 0 amide bonds. The van der Waals surface area contributed by atoms with Gasteiger partial charge in [-0.05, 0) is 54.8 Å². The molecule has 2 rings (SSSR count). The van der Waals surface area contributed by atoms with Gasteiger partial charge in [0, 0.05) is 5.02 Å². The molecule has 128 valence electrons. The fourth-order valence-electron chi connectivity index (χ4n) is 2.12. The maximum atomic E-state index is 12.2. The number of aryl methyl sites for hydroxylation is 1. The van der Waals surface area contributed by atoms with Gasteiger partial charge in [0.05, 0.1) is 10.6 Å². The first-order valence-electron chi connectivity index (χ1n) is 7.29. The second-order valence-corrected chi connectivity index (χ2v) is 7.75. The van der Waals surface area contributed by atoms with Crippen molar-refractivity contribution in [2.45, 2.75) is 17.7 Å². The molecule has 0 saturated heterocycles. The summed E-state index contributed by atoms with van der Waals surface area (Å²) in [7, 11) is -3.32. The molecular formula is C17H17ClO5S. The molecule has 0 unspecified atom stereocenters. The van der Waals surface area contributed by atoms with Crippen molar-refractivity contribution in [2.75, 3.05) is 12.4 Å². The van der Waals surface area contributed by atoms with Crippen LogP contribution >= 0.6 is 11.6 Å². The number of hydrogen-bond acceptors (Lipinski definition) is 4. The van der Waals surface area contributed by atoms with Crippen LogP contribution in [0.25, 0.3) is 0 Å². The number of carboxylic acid groups (broad SMARTS) is 1. The second kappa shape index (κ2) is 8.17. The fraction of sp³-hybridized carbons (Fsp3) is 0.235. The van der Waals surface area contributed by atoms with E-state index >= 15 is 0 Å². The molecule has 0 aromatic heterocycles. The Kier molecular flexibility index (Phi) is 6.23. The largest absolute Gasteiger partial charge is 0.482 e. The number of carbonyl (C=O) groups is 1. The van der Waals surface area contributed by atoms with E-state index in [9.17, 15) is 13.2 Å². The van der Waals surface area contributed by atoms with Crippen LogP contribution in [-0.2, 0) is 21.1 Å². The summed E-state index contributed by atoms with van der Waals surface area (Å²) >= 11 is 5.76. The lowest BCUT2D eigenvalue weighted by Crippen LogP contribution is -2.09.